The first-order valence-electron chi connectivity index (χ1n) is 23.7. The minimum Gasteiger partial charge on any atom is -0.423 e. The Bertz CT molecular complexity index is 2690. The molecule has 0 spiro atoms. The number of aliphatic hydroxyl groups is 1. The second kappa shape index (κ2) is 24.2. The third-order valence-electron chi connectivity index (χ3n) is 12.3. The van der Waals surface area contributed by atoms with E-state index in [-0.39, 0.29) is 89.1 Å². The first-order valence-corrected chi connectivity index (χ1v) is 24.6. The number of piperazine rings is 1. The van der Waals surface area contributed by atoms with Crippen LogP contribution in [0.5, 0.6) is 0 Å². The Morgan fingerprint density at radius 2 is 1.59 bits per heavy atom. The molecule has 0 unspecified atom stereocenters. The van der Waals surface area contributed by atoms with Crippen molar-refractivity contribution in [2.24, 2.45) is 5.41 Å². The number of nitrogens with one attached hydrogen (secondary N) is 3. The molecule has 0 saturated carbocycles. The van der Waals surface area contributed by atoms with Gasteiger partial charge in [0.25, 0.3) is 0 Å². The Morgan fingerprint density at radius 3 is 2.27 bits per heavy atom. The average molecular weight is 1000 g/mol. The van der Waals surface area contributed by atoms with Crippen LogP contribution in [0.4, 0.5) is 21.8 Å². The summed E-state index contributed by atoms with van der Waals surface area (Å²) in [5.74, 6) is -1.58. The summed E-state index contributed by atoms with van der Waals surface area (Å²) >= 11 is 1.57. The number of hydrogen-bond donors (Lipinski definition) is 4. The number of rotatable bonds is 21. The van der Waals surface area contributed by atoms with E-state index in [0.29, 0.717) is 48.8 Å². The van der Waals surface area contributed by atoms with Crippen molar-refractivity contribution in [3.8, 4) is 10.4 Å². The van der Waals surface area contributed by atoms with Gasteiger partial charge in [-0.25, -0.2) is 19.2 Å². The van der Waals surface area contributed by atoms with Crippen molar-refractivity contribution in [1.82, 2.24) is 35.4 Å². The third-order valence-corrected chi connectivity index (χ3v) is 13.2. The predicted molar refractivity (Wildman–Crippen MR) is 265 cm³/mol. The quantitative estimate of drug-likeness (QED) is 0.0575. The second-order valence-corrected chi connectivity index (χ2v) is 19.4. The van der Waals surface area contributed by atoms with Gasteiger partial charge in [0.1, 0.15) is 17.7 Å². The average Bonchev–Trinajstić information content (AvgIpc) is 3.97. The molecular formula is C50H62FN9O10S. The molecule has 7 rings (SSSR count). The van der Waals surface area contributed by atoms with Crippen molar-refractivity contribution in [1.29, 1.82) is 0 Å². The second-order valence-electron chi connectivity index (χ2n) is 18.6. The van der Waals surface area contributed by atoms with Crippen LogP contribution in [0.3, 0.4) is 0 Å². The molecule has 4 amide bonds. The smallest absolute Gasteiger partial charge is 0.336 e. The number of aliphatic hydroxyl groups excluding tert-OH is 1. The van der Waals surface area contributed by atoms with Crippen LogP contribution >= 0.6 is 11.3 Å². The molecule has 2 aliphatic heterocycles. The van der Waals surface area contributed by atoms with E-state index in [9.17, 15) is 33.5 Å². The van der Waals surface area contributed by atoms with E-state index in [1.807, 2.05) is 69.3 Å². The van der Waals surface area contributed by atoms with Crippen molar-refractivity contribution in [2.75, 3.05) is 82.6 Å². The van der Waals surface area contributed by atoms with Crippen LogP contribution in [-0.2, 0) is 33.4 Å². The molecule has 4 atom stereocenters. The number of anilines is 3. The van der Waals surface area contributed by atoms with Crippen LogP contribution in [-0.4, -0.2) is 144 Å². The van der Waals surface area contributed by atoms with Crippen LogP contribution in [0.25, 0.3) is 21.4 Å². The number of likely N-dealkylation sites (tertiary alicyclic amines) is 1. The molecule has 4 N–H and O–H groups in total. The highest BCUT2D eigenvalue weighted by Crippen LogP contribution is 2.30. The Balaban J connectivity index is 0.745. The summed E-state index contributed by atoms with van der Waals surface area (Å²) < 4.78 is 36.7. The summed E-state index contributed by atoms with van der Waals surface area (Å²) in [6.45, 7) is 12.4. The molecular weight excluding hydrogens is 938 g/mol. The molecule has 71 heavy (non-hydrogen) atoms. The number of hydrogen-bond acceptors (Lipinski definition) is 16. The van der Waals surface area contributed by atoms with Gasteiger partial charge >= 0.3 is 5.63 Å². The summed E-state index contributed by atoms with van der Waals surface area (Å²) in [6.07, 6.45) is 0.488. The standard InChI is InChI=1S/C50H62FN9O10S/c1-31(33-6-8-34(9-7-33)44-32(2)53-30-71-44)54-47(65)39-27-37(61)29-60(39)48(66)45(50(3,4)5)56-41(62)14-20-67-22-24-69-25-23-68-21-15-42(63)58-16-18-59(19-17-58)49-52-28-38(51)46(57-49)55-36-11-12-40-35(26-36)10-13-43(64)70-40/h6-13,26,28,30-31,37,39,45,61H,14-25,27,29H2,1-5H3,(H,54,65)(H,56,62)(H,52,55,57)/t31-,37+,39-,45+/m0/s1. The van der Waals surface area contributed by atoms with Gasteiger partial charge in [0.15, 0.2) is 11.6 Å². The minimum absolute atomic E-state index is 0.00685. The number of benzene rings is 2. The van der Waals surface area contributed by atoms with Crippen LogP contribution < -0.4 is 26.5 Å². The van der Waals surface area contributed by atoms with Gasteiger partial charge in [-0.3, -0.25) is 19.2 Å². The van der Waals surface area contributed by atoms with Gasteiger partial charge in [-0.1, -0.05) is 45.0 Å². The topological polar surface area (TPSA) is 231 Å². The number of β-amino-alcohol motifs (C(OH)–C–C–N with tert-alkyl or cyclic N) is 1. The lowest BCUT2D eigenvalue weighted by atomic mass is 9.85. The molecule has 380 valence electrons. The molecule has 19 nitrogen and oxygen atoms in total. The molecule has 0 aliphatic carbocycles. The molecule has 0 radical (unpaired) electrons. The van der Waals surface area contributed by atoms with Crippen molar-refractivity contribution in [2.45, 2.75) is 78.1 Å². The number of carbonyl (C=O) groups excluding carboxylic acids is 4. The van der Waals surface area contributed by atoms with E-state index in [2.05, 4.69) is 30.9 Å². The molecule has 2 saturated heterocycles. The molecule has 0 bridgehead atoms. The van der Waals surface area contributed by atoms with Gasteiger partial charge in [0.05, 0.1) is 80.5 Å². The molecule has 2 fully saturated rings. The fourth-order valence-electron chi connectivity index (χ4n) is 8.31. The molecule has 2 aliphatic rings. The fourth-order valence-corrected chi connectivity index (χ4v) is 9.12. The van der Waals surface area contributed by atoms with Crippen LogP contribution in [0, 0.1) is 18.2 Å². The van der Waals surface area contributed by atoms with E-state index >= 15 is 0 Å². The Hall–Kier alpha value is -6.39. The van der Waals surface area contributed by atoms with Crippen molar-refractivity contribution in [3.05, 3.63) is 93.8 Å². The summed E-state index contributed by atoms with van der Waals surface area (Å²) in [5.41, 5.74) is 4.49. The maximum absolute atomic E-state index is 14.7. The maximum atomic E-state index is 14.7. The zero-order valence-corrected chi connectivity index (χ0v) is 41.5. The Kier molecular flexibility index (Phi) is 17.8. The summed E-state index contributed by atoms with van der Waals surface area (Å²) in [6, 6.07) is 13.6. The van der Waals surface area contributed by atoms with E-state index in [4.69, 9.17) is 18.6 Å². The minimum atomic E-state index is -0.959. The Morgan fingerprint density at radius 1 is 0.901 bits per heavy atom. The number of thiazole rings is 1. The summed E-state index contributed by atoms with van der Waals surface area (Å²) in [5, 5.41) is 20.1. The van der Waals surface area contributed by atoms with Gasteiger partial charge in [0, 0.05) is 62.7 Å². The van der Waals surface area contributed by atoms with Crippen molar-refractivity contribution >= 4 is 63.4 Å². The van der Waals surface area contributed by atoms with Gasteiger partial charge < -0.3 is 54.4 Å². The molecule has 2 aromatic carbocycles. The number of fused-ring (bicyclic) bond motifs is 1. The lowest BCUT2D eigenvalue weighted by molar-refractivity contribution is -0.144. The van der Waals surface area contributed by atoms with Crippen LogP contribution in [0.15, 0.2) is 75.5 Å². The lowest BCUT2D eigenvalue weighted by Gasteiger charge is -2.35. The molecule has 5 aromatic rings. The first-order chi connectivity index (χ1) is 34.0. The van der Waals surface area contributed by atoms with Crippen LogP contribution in [0.1, 0.15) is 64.3 Å². The highest BCUT2D eigenvalue weighted by molar-refractivity contribution is 7.13. The normalized spacial score (nSPS) is 17.0. The predicted octanol–water partition coefficient (Wildman–Crippen LogP) is 4.75. The molecule has 5 heterocycles. The number of amides is 4. The first kappa shape index (κ1) is 52.4. The molecule has 3 aromatic heterocycles. The van der Waals surface area contributed by atoms with E-state index < -0.39 is 46.9 Å². The SMILES string of the molecule is Cc1ncsc1-c1ccc([C@H](C)NC(=O)[C@@H]2C[C@@H](O)CN2C(=O)[C@@H](NC(=O)CCOCCOCCOCCC(=O)N2CCN(c3ncc(F)c(Nc4ccc5oc(=O)ccc5c4)n3)CC2)C(C)(C)C)cc1. The third kappa shape index (κ3) is 14.2. The number of halogens is 1. The number of aryl methyl sites for hydroxylation is 1. The number of aromatic nitrogens is 3. The zero-order valence-electron chi connectivity index (χ0n) is 40.7. The molecule has 21 heteroatoms. The number of nitrogens with zero attached hydrogens (tertiary/aromatic N) is 6. The maximum Gasteiger partial charge on any atom is 0.336 e. The van der Waals surface area contributed by atoms with Gasteiger partial charge in [0.2, 0.25) is 29.6 Å². The number of carbonyl (C=O) groups is 4. The largest absolute Gasteiger partial charge is 0.423 e. The summed E-state index contributed by atoms with van der Waals surface area (Å²) in [7, 11) is 0. The van der Waals surface area contributed by atoms with Crippen molar-refractivity contribution < 1.29 is 47.3 Å². The number of ether oxygens (including phenoxy) is 3. The van der Waals surface area contributed by atoms with Crippen LogP contribution in [0.2, 0.25) is 0 Å². The summed E-state index contributed by atoms with van der Waals surface area (Å²) in [4.78, 5) is 84.1. The lowest BCUT2D eigenvalue weighted by Crippen LogP contribution is -2.58. The van der Waals surface area contributed by atoms with E-state index in [1.54, 1.807) is 40.5 Å². The Labute approximate surface area is 415 Å². The van der Waals surface area contributed by atoms with Gasteiger partial charge in [-0.2, -0.15) is 4.98 Å². The van der Waals surface area contributed by atoms with Gasteiger partial charge in [-0.05, 0) is 54.7 Å². The fraction of sp³-hybridized carbons (Fsp3) is 0.480. The zero-order chi connectivity index (χ0) is 50.7. The van der Waals surface area contributed by atoms with E-state index in [1.165, 1.54) is 11.0 Å². The van der Waals surface area contributed by atoms with Crippen molar-refractivity contribution in [3.63, 3.8) is 0 Å². The highest BCUT2D eigenvalue weighted by Gasteiger charge is 2.44. The van der Waals surface area contributed by atoms with E-state index in [0.717, 1.165) is 27.9 Å². The highest BCUT2D eigenvalue weighted by atomic mass is 32.1. The van der Waals surface area contributed by atoms with Gasteiger partial charge in [-0.15, -0.1) is 11.3 Å². The monoisotopic (exact) mass is 999 g/mol.